The standard InChI is InChI=1S/C32H34ClN5O4Si/c1-20-36-37-32-26(19-30(40)34-17-7-9-28(39)24-8-5-6-10-29(24)43(3,4)41)35-31(21-11-13-22(33)14-12-21)25-18-23(42-2)15-16-27(25)38(20)32/h5-6,8,10-16,18,26,41H,7,9,17,19H2,1-4H3,(H,34,40)/t26-/m0/s1. The summed E-state index contributed by atoms with van der Waals surface area (Å²) in [4.78, 5) is 41.8. The lowest BCUT2D eigenvalue weighted by Crippen LogP contribution is -2.44. The Morgan fingerprint density at radius 1 is 1.07 bits per heavy atom. The van der Waals surface area contributed by atoms with Crippen LogP contribution in [0.25, 0.3) is 5.69 Å². The highest BCUT2D eigenvalue weighted by Gasteiger charge is 2.30. The van der Waals surface area contributed by atoms with Crippen molar-refractivity contribution in [2.24, 2.45) is 4.99 Å². The minimum Gasteiger partial charge on any atom is -0.497 e. The maximum absolute atomic E-state index is 13.2. The lowest BCUT2D eigenvalue weighted by molar-refractivity contribution is -0.121. The van der Waals surface area contributed by atoms with Gasteiger partial charge >= 0.3 is 0 Å². The van der Waals surface area contributed by atoms with Gasteiger partial charge in [0.2, 0.25) is 14.2 Å². The number of hydrogen-bond donors (Lipinski definition) is 2. The summed E-state index contributed by atoms with van der Waals surface area (Å²) >= 11 is 6.18. The number of amides is 1. The SMILES string of the molecule is COc1ccc2c(c1)C(c1ccc(Cl)cc1)=N[C@@H](CC(=O)NCCCC(=O)c1ccccc1[Si](C)(C)O)c1nnc(C)n1-2. The van der Waals surface area contributed by atoms with Gasteiger partial charge in [-0.25, -0.2) is 0 Å². The summed E-state index contributed by atoms with van der Waals surface area (Å²) in [5, 5.41) is 13.0. The third-order valence-corrected chi connectivity index (χ3v) is 9.42. The first-order valence-corrected chi connectivity index (χ1v) is 17.5. The number of aryl methyl sites for hydroxylation is 1. The van der Waals surface area contributed by atoms with Crippen molar-refractivity contribution in [2.45, 2.75) is 45.3 Å². The van der Waals surface area contributed by atoms with Crippen LogP contribution >= 0.6 is 11.6 Å². The van der Waals surface area contributed by atoms with Crippen LogP contribution < -0.4 is 15.2 Å². The molecule has 0 saturated heterocycles. The summed E-state index contributed by atoms with van der Waals surface area (Å²) in [6, 6.07) is 19.8. The minimum absolute atomic E-state index is 0.0431. The molecule has 4 aromatic rings. The molecule has 3 aromatic carbocycles. The van der Waals surface area contributed by atoms with E-state index in [4.69, 9.17) is 21.3 Å². The third-order valence-electron chi connectivity index (χ3n) is 7.42. The van der Waals surface area contributed by atoms with Gasteiger partial charge in [-0.15, -0.1) is 10.2 Å². The number of nitrogens with zero attached hydrogens (tertiary/aromatic N) is 4. The van der Waals surface area contributed by atoms with Gasteiger partial charge in [0.05, 0.1) is 24.9 Å². The van der Waals surface area contributed by atoms with Crippen LogP contribution in [0.4, 0.5) is 0 Å². The van der Waals surface area contributed by atoms with E-state index >= 15 is 0 Å². The summed E-state index contributed by atoms with van der Waals surface area (Å²) in [5.41, 5.74) is 3.74. The molecule has 0 unspecified atom stereocenters. The number of carbonyl (C=O) groups is 2. The molecule has 5 rings (SSSR count). The van der Waals surface area contributed by atoms with Crippen LogP contribution in [0.5, 0.6) is 5.75 Å². The number of methoxy groups -OCH3 is 1. The summed E-state index contributed by atoms with van der Waals surface area (Å²) in [6.07, 6.45) is 0.771. The van der Waals surface area contributed by atoms with Gasteiger partial charge in [0.1, 0.15) is 17.6 Å². The molecule has 1 atom stereocenters. The Balaban J connectivity index is 1.35. The predicted molar refractivity (Wildman–Crippen MR) is 169 cm³/mol. The van der Waals surface area contributed by atoms with Gasteiger partial charge in [-0.3, -0.25) is 19.1 Å². The molecule has 9 nitrogen and oxygen atoms in total. The molecule has 0 fully saturated rings. The second kappa shape index (κ2) is 12.6. The number of nitrogens with one attached hydrogen (secondary N) is 1. The molecule has 0 spiro atoms. The van der Waals surface area contributed by atoms with Crippen molar-refractivity contribution in [3.63, 3.8) is 0 Å². The van der Waals surface area contributed by atoms with Crippen LogP contribution in [0.1, 0.15) is 58.4 Å². The van der Waals surface area contributed by atoms with Crippen molar-refractivity contribution in [3.8, 4) is 11.4 Å². The number of ether oxygens (including phenoxy) is 1. The molecule has 2 N–H and O–H groups in total. The minimum atomic E-state index is -2.65. The summed E-state index contributed by atoms with van der Waals surface area (Å²) in [5.74, 6) is 1.65. The van der Waals surface area contributed by atoms with Crippen LogP contribution in [0.15, 0.2) is 71.7 Å². The van der Waals surface area contributed by atoms with Gasteiger partial charge < -0.3 is 14.8 Å². The number of carbonyl (C=O) groups excluding carboxylic acids is 2. The summed E-state index contributed by atoms with van der Waals surface area (Å²) < 4.78 is 7.46. The number of ketones is 1. The Morgan fingerprint density at radius 2 is 1.81 bits per heavy atom. The highest BCUT2D eigenvalue weighted by molar-refractivity contribution is 6.84. The fraction of sp³-hybridized carbons (Fsp3) is 0.281. The molecule has 0 radical (unpaired) electrons. The van der Waals surface area contributed by atoms with E-state index in [0.29, 0.717) is 46.7 Å². The van der Waals surface area contributed by atoms with Crippen molar-refractivity contribution in [3.05, 3.63) is 100 Å². The lowest BCUT2D eigenvalue weighted by atomic mass is 10.00. The molecule has 0 bridgehead atoms. The predicted octanol–water partition coefficient (Wildman–Crippen LogP) is 4.70. The van der Waals surface area contributed by atoms with Gasteiger partial charge in [-0.2, -0.15) is 0 Å². The number of aliphatic imine (C=N–C) groups is 1. The van der Waals surface area contributed by atoms with Gasteiger partial charge in [-0.05, 0) is 62.0 Å². The first kappa shape index (κ1) is 30.3. The molecule has 43 heavy (non-hydrogen) atoms. The maximum Gasteiger partial charge on any atom is 0.222 e. The highest BCUT2D eigenvalue weighted by Crippen LogP contribution is 2.34. The van der Waals surface area contributed by atoms with Crippen LogP contribution in [0, 0.1) is 6.92 Å². The summed E-state index contributed by atoms with van der Waals surface area (Å²) in [6.45, 7) is 5.79. The number of halogens is 1. The van der Waals surface area contributed by atoms with E-state index in [0.717, 1.165) is 22.0 Å². The van der Waals surface area contributed by atoms with Crippen LogP contribution in [-0.4, -0.2) is 58.9 Å². The molecule has 11 heteroatoms. The Kier molecular flexibility index (Phi) is 8.91. The second-order valence-electron chi connectivity index (χ2n) is 11.0. The molecule has 1 aromatic heterocycles. The molecule has 222 valence electrons. The Bertz CT molecular complexity index is 1690. The van der Waals surface area contributed by atoms with E-state index in [1.54, 1.807) is 44.5 Å². The number of benzene rings is 3. The first-order chi connectivity index (χ1) is 20.6. The number of Topliss-reactive ketones (excluding diaryl/α,β-unsaturated/α-hetero) is 1. The van der Waals surface area contributed by atoms with Gasteiger partial charge in [0.15, 0.2) is 11.6 Å². The number of aromatic nitrogens is 3. The van der Waals surface area contributed by atoms with E-state index in [9.17, 15) is 14.4 Å². The molecule has 1 amide bonds. The highest BCUT2D eigenvalue weighted by atomic mass is 35.5. The molecule has 1 aliphatic rings. The lowest BCUT2D eigenvalue weighted by Gasteiger charge is -2.18. The van der Waals surface area contributed by atoms with E-state index in [1.165, 1.54) is 0 Å². The first-order valence-electron chi connectivity index (χ1n) is 14.1. The fourth-order valence-electron chi connectivity index (χ4n) is 5.30. The Labute approximate surface area is 256 Å². The van der Waals surface area contributed by atoms with Crippen LogP contribution in [0.3, 0.4) is 0 Å². The molecule has 2 heterocycles. The fourth-order valence-corrected chi connectivity index (χ4v) is 6.81. The monoisotopic (exact) mass is 615 g/mol. The van der Waals surface area contributed by atoms with Gasteiger partial charge in [0.25, 0.3) is 0 Å². The average Bonchev–Trinajstić information content (AvgIpc) is 3.31. The van der Waals surface area contributed by atoms with Crippen LogP contribution in [-0.2, 0) is 4.79 Å². The van der Waals surface area contributed by atoms with Gasteiger partial charge in [-0.1, -0.05) is 48.0 Å². The normalized spacial score (nSPS) is 14.3. The zero-order valence-electron chi connectivity index (χ0n) is 24.6. The van der Waals surface area contributed by atoms with Crippen molar-refractivity contribution < 1.29 is 19.1 Å². The molecular formula is C32H34ClN5O4Si. The molecular weight excluding hydrogens is 582 g/mol. The van der Waals surface area contributed by atoms with Crippen molar-refractivity contribution >= 4 is 42.5 Å². The molecule has 1 aliphatic heterocycles. The van der Waals surface area contributed by atoms with Crippen molar-refractivity contribution in [2.75, 3.05) is 13.7 Å². The van der Waals surface area contributed by atoms with Crippen molar-refractivity contribution in [1.29, 1.82) is 0 Å². The van der Waals surface area contributed by atoms with E-state index in [-0.39, 0.29) is 24.5 Å². The number of hydrogen-bond acceptors (Lipinski definition) is 7. The van der Waals surface area contributed by atoms with E-state index in [1.807, 2.05) is 54.0 Å². The quantitative estimate of drug-likeness (QED) is 0.152. The molecule has 0 aliphatic carbocycles. The van der Waals surface area contributed by atoms with E-state index in [2.05, 4.69) is 15.5 Å². The second-order valence-corrected chi connectivity index (χ2v) is 15.1. The Hall–Kier alpha value is -4.12. The zero-order chi connectivity index (χ0) is 30.7. The maximum atomic E-state index is 13.2. The van der Waals surface area contributed by atoms with Crippen LogP contribution in [0.2, 0.25) is 18.1 Å². The zero-order valence-corrected chi connectivity index (χ0v) is 26.4. The topological polar surface area (TPSA) is 119 Å². The summed E-state index contributed by atoms with van der Waals surface area (Å²) in [7, 11) is -1.04. The van der Waals surface area contributed by atoms with Crippen molar-refractivity contribution in [1.82, 2.24) is 20.1 Å². The third kappa shape index (κ3) is 6.61. The van der Waals surface area contributed by atoms with E-state index < -0.39 is 14.4 Å². The van der Waals surface area contributed by atoms with Gasteiger partial charge in [0, 0.05) is 34.7 Å². The number of rotatable bonds is 10. The molecule has 0 saturated carbocycles. The largest absolute Gasteiger partial charge is 0.497 e. The smallest absolute Gasteiger partial charge is 0.222 e. The average molecular weight is 616 g/mol. The Morgan fingerprint density at radius 3 is 2.53 bits per heavy atom. The number of fused-ring (bicyclic) bond motifs is 3.